The molecule has 14 nitrogen and oxygen atoms in total. The number of carbonyl (C=O) groups is 6. The van der Waals surface area contributed by atoms with Gasteiger partial charge in [-0.15, -0.1) is 0 Å². The third-order valence-electron chi connectivity index (χ3n) is 12.7. The largest absolute Gasteiger partial charge is 0.344 e. The molecule has 6 rings (SSSR count). The maximum atomic E-state index is 15.1. The molecule has 2 heterocycles. The van der Waals surface area contributed by atoms with E-state index < -0.39 is 59.0 Å². The van der Waals surface area contributed by atoms with Gasteiger partial charge in [-0.3, -0.25) is 39.2 Å². The molecule has 0 spiro atoms. The number of carbonyl (C=O) groups excluding carboxylic acids is 6. The fraction of sp³-hybridized carbons (Fsp3) is 0.542. The van der Waals surface area contributed by atoms with Gasteiger partial charge >= 0.3 is 5.91 Å². The van der Waals surface area contributed by atoms with Crippen molar-refractivity contribution in [2.45, 2.75) is 148 Å². The number of aromatic nitrogens is 2. The van der Waals surface area contributed by atoms with Gasteiger partial charge < -0.3 is 20.9 Å². The minimum Gasteiger partial charge on any atom is -0.344 e. The van der Waals surface area contributed by atoms with Crippen LogP contribution in [0.15, 0.2) is 79.3 Å². The van der Waals surface area contributed by atoms with Crippen molar-refractivity contribution in [2.24, 2.45) is 17.3 Å². The maximum absolute atomic E-state index is 15.1. The SMILES string of the molecule is CCC[C@H](NC(=O)[C@@H]1C[C@@H]2CCCC[C@@H]2N1C(=O)[C@@H](NC(=O)[C@@H](NC(=O)c1cnccn1)C1CCCCC1)C(C)(C)C)C(=O)C(=O)NN(Cc1ccccc1)Cc1ccccc1. The van der Waals surface area contributed by atoms with Crippen LogP contribution < -0.4 is 21.4 Å². The van der Waals surface area contributed by atoms with Crippen LogP contribution in [0.4, 0.5) is 0 Å². The predicted octanol–water partition coefficient (Wildman–Crippen LogP) is 5.43. The Labute approximate surface area is 365 Å². The lowest BCUT2D eigenvalue weighted by Crippen LogP contribution is -2.63. The van der Waals surface area contributed by atoms with Crippen molar-refractivity contribution < 1.29 is 28.8 Å². The average Bonchev–Trinajstić information content (AvgIpc) is 3.67. The normalized spacial score (nSPS) is 20.6. The van der Waals surface area contributed by atoms with E-state index in [4.69, 9.17) is 0 Å². The Morgan fingerprint density at radius 3 is 2.02 bits per heavy atom. The zero-order valence-electron chi connectivity index (χ0n) is 36.7. The highest BCUT2D eigenvalue weighted by Crippen LogP contribution is 2.41. The van der Waals surface area contributed by atoms with Gasteiger partial charge in [-0.25, -0.2) is 9.99 Å². The first-order valence-corrected chi connectivity index (χ1v) is 22.5. The van der Waals surface area contributed by atoms with Crippen LogP contribution in [0, 0.1) is 17.3 Å². The Hall–Kier alpha value is -5.50. The second-order valence-electron chi connectivity index (χ2n) is 18.3. The molecule has 6 atom stereocenters. The molecular weight excluding hydrogens is 785 g/mol. The summed E-state index contributed by atoms with van der Waals surface area (Å²) in [6, 6.07) is 15.1. The molecular formula is C48H64N8O6. The number of fused-ring (bicyclic) bond motifs is 1. The number of nitrogens with one attached hydrogen (secondary N) is 4. The molecule has 1 aromatic heterocycles. The molecule has 1 aliphatic heterocycles. The van der Waals surface area contributed by atoms with Crippen LogP contribution in [-0.2, 0) is 37.1 Å². The average molecular weight is 849 g/mol. The summed E-state index contributed by atoms with van der Waals surface area (Å²) in [4.78, 5) is 95.0. The van der Waals surface area contributed by atoms with E-state index in [-0.39, 0.29) is 35.9 Å². The zero-order chi connectivity index (χ0) is 44.2. The van der Waals surface area contributed by atoms with Crippen LogP contribution in [0.25, 0.3) is 0 Å². The predicted molar refractivity (Wildman–Crippen MR) is 234 cm³/mol. The van der Waals surface area contributed by atoms with Gasteiger partial charge in [0.25, 0.3) is 5.91 Å². The lowest BCUT2D eigenvalue weighted by molar-refractivity contribution is -0.148. The number of rotatable bonds is 17. The van der Waals surface area contributed by atoms with E-state index in [1.165, 1.54) is 18.6 Å². The molecule has 2 aliphatic carbocycles. The molecule has 3 aliphatic rings. The maximum Gasteiger partial charge on any atom is 0.303 e. The van der Waals surface area contributed by atoms with Crippen LogP contribution in [0.5, 0.6) is 0 Å². The van der Waals surface area contributed by atoms with E-state index in [2.05, 4.69) is 31.3 Å². The summed E-state index contributed by atoms with van der Waals surface area (Å²) in [6.45, 7) is 8.21. The molecule has 1 saturated heterocycles. The van der Waals surface area contributed by atoms with E-state index in [0.29, 0.717) is 32.4 Å². The van der Waals surface area contributed by atoms with Gasteiger partial charge in [-0.05, 0) is 66.9 Å². The molecule has 4 N–H and O–H groups in total. The first-order chi connectivity index (χ1) is 29.8. The summed E-state index contributed by atoms with van der Waals surface area (Å²) in [6.07, 6.45) is 13.2. The van der Waals surface area contributed by atoms with Gasteiger partial charge in [0.1, 0.15) is 23.8 Å². The summed E-state index contributed by atoms with van der Waals surface area (Å²) in [5.74, 6) is -3.53. The molecule has 2 aromatic carbocycles. The number of benzene rings is 2. The van der Waals surface area contributed by atoms with Crippen LogP contribution in [0.1, 0.15) is 126 Å². The van der Waals surface area contributed by atoms with Gasteiger partial charge in [0, 0.05) is 31.5 Å². The minimum atomic E-state index is -1.12. The Bertz CT molecular complexity index is 1950. The third kappa shape index (κ3) is 11.9. The molecule has 332 valence electrons. The molecule has 3 aromatic rings. The zero-order valence-corrected chi connectivity index (χ0v) is 36.7. The van der Waals surface area contributed by atoms with Crippen molar-refractivity contribution in [3.8, 4) is 0 Å². The fourth-order valence-corrected chi connectivity index (χ4v) is 9.46. The molecule has 0 bridgehead atoms. The fourth-order valence-electron chi connectivity index (χ4n) is 9.46. The van der Waals surface area contributed by atoms with Crippen LogP contribution in [-0.4, -0.2) is 85.4 Å². The Morgan fingerprint density at radius 1 is 0.790 bits per heavy atom. The number of amides is 5. The van der Waals surface area contributed by atoms with E-state index in [1.54, 1.807) is 9.91 Å². The van der Waals surface area contributed by atoms with Crippen molar-refractivity contribution in [3.63, 3.8) is 0 Å². The summed E-state index contributed by atoms with van der Waals surface area (Å²) in [7, 11) is 0. The highest BCUT2D eigenvalue weighted by atomic mass is 16.2. The molecule has 3 fully saturated rings. The number of ketones is 1. The van der Waals surface area contributed by atoms with Gasteiger partial charge in [-0.2, -0.15) is 0 Å². The lowest BCUT2D eigenvalue weighted by atomic mass is 9.81. The second-order valence-corrected chi connectivity index (χ2v) is 18.3. The third-order valence-corrected chi connectivity index (χ3v) is 12.7. The standard InChI is InChI=1S/C48H64N8O6/c1-5-17-36(41(57)46(61)54-55(30-32-18-9-6-10-19-32)31-33-20-11-7-12-21-33)51-44(59)39-28-35-24-15-16-25-38(35)56(39)47(62)42(48(2,3)4)53-45(60)40(34-22-13-8-14-23-34)52-43(58)37-29-49-26-27-50-37/h6-7,9-12,18-21,26-27,29,34-36,38-40,42H,5,8,13-17,22-25,28,30-31H2,1-4H3,(H,51,59)(H,52,58)(H,53,60)(H,54,61)/t35-,36-,38-,39-,40-,42+/m0/s1. The van der Waals surface area contributed by atoms with Crippen molar-refractivity contribution in [3.05, 3.63) is 96.1 Å². The minimum absolute atomic E-state index is 0.0641. The Kier molecular flexibility index (Phi) is 16.0. The van der Waals surface area contributed by atoms with E-state index in [1.807, 2.05) is 88.4 Å². The second kappa shape index (κ2) is 21.5. The lowest BCUT2D eigenvalue weighted by Gasteiger charge is -2.40. The van der Waals surface area contributed by atoms with Crippen LogP contribution >= 0.6 is 0 Å². The Balaban J connectivity index is 1.20. The highest BCUT2D eigenvalue weighted by molar-refractivity contribution is 6.38. The summed E-state index contributed by atoms with van der Waals surface area (Å²) < 4.78 is 0. The smallest absolute Gasteiger partial charge is 0.303 e. The van der Waals surface area contributed by atoms with Crippen LogP contribution in [0.3, 0.4) is 0 Å². The summed E-state index contributed by atoms with van der Waals surface area (Å²) in [5, 5.41) is 10.6. The van der Waals surface area contributed by atoms with Crippen molar-refractivity contribution in [1.29, 1.82) is 0 Å². The van der Waals surface area contributed by atoms with E-state index in [9.17, 15) is 24.0 Å². The molecule has 5 amide bonds. The molecule has 0 unspecified atom stereocenters. The molecule has 14 heteroatoms. The van der Waals surface area contributed by atoms with Crippen molar-refractivity contribution in [1.82, 2.24) is 41.3 Å². The number of hydrazine groups is 1. The number of Topliss-reactive ketones (excluding diaryl/α,β-unsaturated/α-hetero) is 1. The van der Waals surface area contributed by atoms with Gasteiger partial charge in [0.2, 0.25) is 23.5 Å². The summed E-state index contributed by atoms with van der Waals surface area (Å²) >= 11 is 0. The molecule has 62 heavy (non-hydrogen) atoms. The van der Waals surface area contributed by atoms with E-state index in [0.717, 1.165) is 62.5 Å². The molecule has 0 radical (unpaired) electrons. The topological polar surface area (TPSA) is 183 Å². The van der Waals surface area contributed by atoms with E-state index >= 15 is 4.79 Å². The molecule has 2 saturated carbocycles. The number of nitrogens with zero attached hydrogens (tertiary/aromatic N) is 4. The van der Waals surface area contributed by atoms with Crippen LogP contribution in [0.2, 0.25) is 0 Å². The van der Waals surface area contributed by atoms with Crippen molar-refractivity contribution >= 4 is 35.3 Å². The van der Waals surface area contributed by atoms with Gasteiger partial charge in [-0.1, -0.05) is 127 Å². The quantitative estimate of drug-likeness (QED) is 0.102. The highest BCUT2D eigenvalue weighted by Gasteiger charge is 2.51. The number of hydrogen-bond acceptors (Lipinski definition) is 9. The van der Waals surface area contributed by atoms with Gasteiger partial charge in [0.05, 0.1) is 12.2 Å². The van der Waals surface area contributed by atoms with Gasteiger partial charge in [0.15, 0.2) is 0 Å². The van der Waals surface area contributed by atoms with Crippen molar-refractivity contribution in [2.75, 3.05) is 0 Å². The first-order valence-electron chi connectivity index (χ1n) is 22.5. The summed E-state index contributed by atoms with van der Waals surface area (Å²) in [5.41, 5.74) is 4.03. The monoisotopic (exact) mass is 848 g/mol. The number of hydrogen-bond donors (Lipinski definition) is 4. The number of likely N-dealkylation sites (tertiary alicyclic amines) is 1. The Morgan fingerprint density at radius 2 is 1.42 bits per heavy atom. The first kappa shape index (κ1) is 46.0.